The zero-order chi connectivity index (χ0) is 13.1. The molecule has 0 saturated carbocycles. The Balaban J connectivity index is 1.78. The second kappa shape index (κ2) is 5.18. The molecule has 0 atom stereocenters. The van der Waals surface area contributed by atoms with Crippen molar-refractivity contribution in [2.45, 2.75) is 25.7 Å². The molecule has 2 aromatic rings. The van der Waals surface area contributed by atoms with Crippen molar-refractivity contribution in [1.29, 1.82) is 0 Å². The molecule has 0 saturated heterocycles. The number of hydrogen-bond donors (Lipinski definition) is 1. The molecule has 0 unspecified atom stereocenters. The maximum Gasteiger partial charge on any atom is 0.256 e. The molecule has 0 aliphatic heterocycles. The first kappa shape index (κ1) is 11.8. The SMILES string of the molecule is O=C(Nc1cc2c(cn1)CCCC2)c1ccncc1. The van der Waals surface area contributed by atoms with Gasteiger partial charge in [-0.15, -0.1) is 0 Å². The van der Waals surface area contributed by atoms with E-state index in [9.17, 15) is 4.79 Å². The Hall–Kier alpha value is -2.23. The van der Waals surface area contributed by atoms with Crippen LogP contribution in [0.4, 0.5) is 5.82 Å². The quantitative estimate of drug-likeness (QED) is 0.895. The second-order valence-corrected chi connectivity index (χ2v) is 4.74. The third kappa shape index (κ3) is 2.62. The number of carbonyl (C=O) groups excluding carboxylic acids is 1. The van der Waals surface area contributed by atoms with Crippen LogP contribution in [-0.4, -0.2) is 15.9 Å². The minimum absolute atomic E-state index is 0.148. The fraction of sp³-hybridized carbons (Fsp3) is 0.267. The van der Waals surface area contributed by atoms with Gasteiger partial charge in [-0.2, -0.15) is 0 Å². The Kier molecular flexibility index (Phi) is 3.23. The zero-order valence-corrected chi connectivity index (χ0v) is 10.6. The van der Waals surface area contributed by atoms with E-state index in [2.05, 4.69) is 15.3 Å². The van der Waals surface area contributed by atoms with Crippen LogP contribution in [0.25, 0.3) is 0 Å². The molecule has 0 spiro atoms. The molecular weight excluding hydrogens is 238 g/mol. The fourth-order valence-corrected chi connectivity index (χ4v) is 2.37. The van der Waals surface area contributed by atoms with Gasteiger partial charge in [0.05, 0.1) is 0 Å². The Morgan fingerprint density at radius 2 is 1.84 bits per heavy atom. The van der Waals surface area contributed by atoms with Crippen LogP contribution in [0.1, 0.15) is 34.3 Å². The van der Waals surface area contributed by atoms with Crippen molar-refractivity contribution in [2.75, 3.05) is 5.32 Å². The van der Waals surface area contributed by atoms with E-state index in [4.69, 9.17) is 0 Å². The summed E-state index contributed by atoms with van der Waals surface area (Å²) in [5.41, 5.74) is 3.22. The van der Waals surface area contributed by atoms with E-state index in [0.29, 0.717) is 11.4 Å². The molecule has 0 bridgehead atoms. The van der Waals surface area contributed by atoms with E-state index in [1.807, 2.05) is 12.3 Å². The number of nitrogens with zero attached hydrogens (tertiary/aromatic N) is 2. The summed E-state index contributed by atoms with van der Waals surface area (Å²) in [6.45, 7) is 0. The highest BCUT2D eigenvalue weighted by molar-refractivity contribution is 6.03. The molecule has 2 heterocycles. The minimum atomic E-state index is -0.148. The molecular formula is C15H15N3O. The summed E-state index contributed by atoms with van der Waals surface area (Å²) >= 11 is 0. The molecule has 0 aromatic carbocycles. The number of rotatable bonds is 2. The Morgan fingerprint density at radius 3 is 2.63 bits per heavy atom. The van der Waals surface area contributed by atoms with Crippen LogP contribution in [0.5, 0.6) is 0 Å². The van der Waals surface area contributed by atoms with Gasteiger partial charge >= 0.3 is 0 Å². The average Bonchev–Trinajstić information content (AvgIpc) is 2.48. The van der Waals surface area contributed by atoms with Crippen molar-refractivity contribution in [3.8, 4) is 0 Å². The lowest BCUT2D eigenvalue weighted by Crippen LogP contribution is -2.14. The third-order valence-corrected chi connectivity index (χ3v) is 3.41. The number of amides is 1. The molecule has 0 fully saturated rings. The normalized spacial score (nSPS) is 13.7. The van der Waals surface area contributed by atoms with Crippen molar-refractivity contribution in [2.24, 2.45) is 0 Å². The Bertz CT molecular complexity index is 596. The first-order chi connectivity index (χ1) is 9.33. The summed E-state index contributed by atoms with van der Waals surface area (Å²) in [6, 6.07) is 5.37. The molecule has 1 aliphatic rings. The van der Waals surface area contributed by atoms with E-state index in [-0.39, 0.29) is 5.91 Å². The number of anilines is 1. The summed E-state index contributed by atoms with van der Waals surface area (Å²) in [6.07, 6.45) is 9.73. The van der Waals surface area contributed by atoms with Gasteiger partial charge in [0.15, 0.2) is 0 Å². The molecule has 1 N–H and O–H groups in total. The lowest BCUT2D eigenvalue weighted by molar-refractivity contribution is 0.102. The third-order valence-electron chi connectivity index (χ3n) is 3.41. The van der Waals surface area contributed by atoms with Gasteiger partial charge in [-0.05, 0) is 55.0 Å². The van der Waals surface area contributed by atoms with Gasteiger partial charge in [-0.3, -0.25) is 9.78 Å². The Labute approximate surface area is 111 Å². The highest BCUT2D eigenvalue weighted by Crippen LogP contribution is 2.22. The molecule has 0 radical (unpaired) electrons. The summed E-state index contributed by atoms with van der Waals surface area (Å²) in [5.74, 6) is 0.480. The number of pyridine rings is 2. The van der Waals surface area contributed by atoms with Crippen LogP contribution in [0, 0.1) is 0 Å². The smallest absolute Gasteiger partial charge is 0.256 e. The van der Waals surface area contributed by atoms with Gasteiger partial charge in [0.2, 0.25) is 0 Å². The molecule has 96 valence electrons. The van der Waals surface area contributed by atoms with E-state index in [1.54, 1.807) is 24.5 Å². The van der Waals surface area contributed by atoms with Crippen LogP contribution in [0.15, 0.2) is 36.8 Å². The molecule has 19 heavy (non-hydrogen) atoms. The number of aromatic nitrogens is 2. The second-order valence-electron chi connectivity index (χ2n) is 4.74. The van der Waals surface area contributed by atoms with Gasteiger partial charge in [0, 0.05) is 24.2 Å². The predicted molar refractivity (Wildman–Crippen MR) is 73.1 cm³/mol. The van der Waals surface area contributed by atoms with Gasteiger partial charge in [-0.25, -0.2) is 4.98 Å². The number of carbonyl (C=O) groups is 1. The van der Waals surface area contributed by atoms with Crippen molar-refractivity contribution < 1.29 is 4.79 Å². The lowest BCUT2D eigenvalue weighted by atomic mass is 9.93. The van der Waals surface area contributed by atoms with E-state index in [1.165, 1.54) is 24.0 Å². The summed E-state index contributed by atoms with van der Waals surface area (Å²) in [5, 5.41) is 2.83. The summed E-state index contributed by atoms with van der Waals surface area (Å²) in [7, 11) is 0. The standard InChI is InChI=1S/C15H15N3O/c19-15(11-5-7-16-8-6-11)18-14-9-12-3-1-2-4-13(12)10-17-14/h5-10H,1-4H2,(H,17,18,19). The molecule has 3 rings (SSSR count). The topological polar surface area (TPSA) is 54.9 Å². The summed E-state index contributed by atoms with van der Waals surface area (Å²) in [4.78, 5) is 20.2. The van der Waals surface area contributed by atoms with Crippen molar-refractivity contribution in [3.63, 3.8) is 0 Å². The number of hydrogen-bond acceptors (Lipinski definition) is 3. The van der Waals surface area contributed by atoms with Crippen LogP contribution >= 0.6 is 0 Å². The van der Waals surface area contributed by atoms with Crippen LogP contribution in [0.3, 0.4) is 0 Å². The van der Waals surface area contributed by atoms with Crippen molar-refractivity contribution in [3.05, 3.63) is 53.5 Å². The van der Waals surface area contributed by atoms with Crippen molar-refractivity contribution >= 4 is 11.7 Å². The molecule has 1 aliphatic carbocycles. The van der Waals surface area contributed by atoms with Crippen LogP contribution in [0.2, 0.25) is 0 Å². The number of nitrogens with one attached hydrogen (secondary N) is 1. The highest BCUT2D eigenvalue weighted by Gasteiger charge is 2.12. The predicted octanol–water partition coefficient (Wildman–Crippen LogP) is 2.61. The van der Waals surface area contributed by atoms with Crippen molar-refractivity contribution in [1.82, 2.24) is 9.97 Å². The first-order valence-electron chi connectivity index (χ1n) is 6.52. The van der Waals surface area contributed by atoms with E-state index < -0.39 is 0 Å². The van der Waals surface area contributed by atoms with Gasteiger partial charge in [0.25, 0.3) is 5.91 Å². The van der Waals surface area contributed by atoms with E-state index in [0.717, 1.165) is 12.8 Å². The first-order valence-corrected chi connectivity index (χ1v) is 6.52. The molecule has 4 nitrogen and oxygen atoms in total. The van der Waals surface area contributed by atoms with Crippen LogP contribution in [-0.2, 0) is 12.8 Å². The van der Waals surface area contributed by atoms with Gasteiger partial charge in [-0.1, -0.05) is 0 Å². The molecule has 4 heteroatoms. The lowest BCUT2D eigenvalue weighted by Gasteiger charge is -2.16. The minimum Gasteiger partial charge on any atom is -0.307 e. The number of fused-ring (bicyclic) bond motifs is 1. The monoisotopic (exact) mass is 253 g/mol. The fourth-order valence-electron chi connectivity index (χ4n) is 2.37. The molecule has 1 amide bonds. The number of aryl methyl sites for hydroxylation is 2. The molecule has 2 aromatic heterocycles. The average molecular weight is 253 g/mol. The maximum absolute atomic E-state index is 12.0. The van der Waals surface area contributed by atoms with Gasteiger partial charge in [0.1, 0.15) is 5.82 Å². The Morgan fingerprint density at radius 1 is 1.11 bits per heavy atom. The summed E-state index contributed by atoms with van der Waals surface area (Å²) < 4.78 is 0. The van der Waals surface area contributed by atoms with Gasteiger partial charge < -0.3 is 5.32 Å². The zero-order valence-electron chi connectivity index (χ0n) is 10.6. The maximum atomic E-state index is 12.0. The largest absolute Gasteiger partial charge is 0.307 e. The van der Waals surface area contributed by atoms with Crippen LogP contribution < -0.4 is 5.32 Å². The highest BCUT2D eigenvalue weighted by atomic mass is 16.1. The van der Waals surface area contributed by atoms with E-state index >= 15 is 0 Å².